The molecule has 30 heavy (non-hydrogen) atoms. The Bertz CT molecular complexity index is 1060. The van der Waals surface area contributed by atoms with Crippen molar-refractivity contribution in [3.8, 4) is 5.75 Å². The van der Waals surface area contributed by atoms with Gasteiger partial charge in [0.15, 0.2) is 12.4 Å². The van der Waals surface area contributed by atoms with E-state index in [1.54, 1.807) is 13.2 Å². The summed E-state index contributed by atoms with van der Waals surface area (Å²) in [6.07, 6.45) is 6.29. The van der Waals surface area contributed by atoms with Crippen LogP contribution in [0.1, 0.15) is 63.6 Å². The number of halogens is 1. The molecular formula is C24H23ClO4S. The van der Waals surface area contributed by atoms with Gasteiger partial charge >= 0.3 is 5.97 Å². The van der Waals surface area contributed by atoms with Crippen molar-refractivity contribution < 1.29 is 19.1 Å². The summed E-state index contributed by atoms with van der Waals surface area (Å²) in [5, 5.41) is 1.10. The van der Waals surface area contributed by atoms with Crippen molar-refractivity contribution >= 4 is 44.8 Å². The third-order valence-corrected chi connectivity index (χ3v) is 7.30. The Morgan fingerprint density at radius 2 is 1.80 bits per heavy atom. The molecule has 3 aromatic rings. The summed E-state index contributed by atoms with van der Waals surface area (Å²) in [4.78, 5) is 25.3. The number of methoxy groups -OCH3 is 1. The molecule has 4 rings (SSSR count). The predicted molar refractivity (Wildman–Crippen MR) is 120 cm³/mol. The number of carbonyl (C=O) groups excluding carboxylic acids is 2. The summed E-state index contributed by atoms with van der Waals surface area (Å²) in [7, 11) is 1.58. The van der Waals surface area contributed by atoms with Gasteiger partial charge in [-0.2, -0.15) is 0 Å². The summed E-state index contributed by atoms with van der Waals surface area (Å²) >= 11 is 7.58. The van der Waals surface area contributed by atoms with E-state index in [0.717, 1.165) is 10.1 Å². The summed E-state index contributed by atoms with van der Waals surface area (Å²) in [5.74, 6) is 0.464. The number of carbonyl (C=O) groups is 2. The van der Waals surface area contributed by atoms with Gasteiger partial charge in [0.05, 0.1) is 12.1 Å². The van der Waals surface area contributed by atoms with Crippen molar-refractivity contribution in [1.82, 2.24) is 0 Å². The third-order valence-electron chi connectivity index (χ3n) is 5.67. The lowest BCUT2D eigenvalue weighted by Crippen LogP contribution is -2.14. The van der Waals surface area contributed by atoms with Gasteiger partial charge in [-0.1, -0.05) is 55.1 Å². The fourth-order valence-corrected chi connectivity index (χ4v) is 5.39. The number of benzene rings is 2. The number of thiophene rings is 1. The van der Waals surface area contributed by atoms with E-state index in [9.17, 15) is 9.59 Å². The first-order valence-electron chi connectivity index (χ1n) is 10.1. The van der Waals surface area contributed by atoms with E-state index >= 15 is 0 Å². The van der Waals surface area contributed by atoms with E-state index in [4.69, 9.17) is 21.1 Å². The Morgan fingerprint density at radius 1 is 1.07 bits per heavy atom. The molecule has 0 unspecified atom stereocenters. The van der Waals surface area contributed by atoms with Crippen molar-refractivity contribution in [3.05, 3.63) is 63.5 Å². The Kier molecular flexibility index (Phi) is 6.40. The molecule has 6 heteroatoms. The number of ether oxygens (including phenoxy) is 2. The highest BCUT2D eigenvalue weighted by Gasteiger charge is 2.21. The number of fused-ring (bicyclic) bond motifs is 1. The molecule has 4 nitrogen and oxygen atoms in total. The quantitative estimate of drug-likeness (QED) is 0.316. The van der Waals surface area contributed by atoms with Gasteiger partial charge in [-0.05, 0) is 42.5 Å². The fourth-order valence-electron chi connectivity index (χ4n) is 3.96. The molecule has 0 N–H and O–H groups in total. The maximum Gasteiger partial charge on any atom is 0.350 e. The minimum atomic E-state index is -0.590. The second kappa shape index (κ2) is 9.19. The van der Waals surface area contributed by atoms with E-state index in [2.05, 4.69) is 0 Å². The van der Waals surface area contributed by atoms with E-state index in [0.29, 0.717) is 27.1 Å². The van der Waals surface area contributed by atoms with E-state index in [1.165, 1.54) is 49.0 Å². The number of rotatable bonds is 6. The van der Waals surface area contributed by atoms with Crippen LogP contribution in [0.5, 0.6) is 5.75 Å². The first kappa shape index (κ1) is 20.9. The molecule has 0 bridgehead atoms. The van der Waals surface area contributed by atoms with Crippen LogP contribution in [0.3, 0.4) is 0 Å². The topological polar surface area (TPSA) is 52.6 Å². The number of hydrogen-bond donors (Lipinski definition) is 0. The van der Waals surface area contributed by atoms with E-state index < -0.39 is 5.97 Å². The largest absolute Gasteiger partial charge is 0.497 e. The molecule has 0 spiro atoms. The van der Waals surface area contributed by atoms with Gasteiger partial charge in [0, 0.05) is 15.6 Å². The van der Waals surface area contributed by atoms with Crippen molar-refractivity contribution in [2.75, 3.05) is 13.7 Å². The van der Waals surface area contributed by atoms with Crippen LogP contribution in [-0.2, 0) is 4.74 Å². The molecule has 0 saturated heterocycles. The minimum Gasteiger partial charge on any atom is -0.497 e. The highest BCUT2D eigenvalue weighted by molar-refractivity contribution is 7.21. The number of esters is 1. The van der Waals surface area contributed by atoms with Crippen molar-refractivity contribution in [2.24, 2.45) is 0 Å². The molecule has 0 amide bonds. The summed E-state index contributed by atoms with van der Waals surface area (Å²) in [5.41, 5.74) is 1.84. The van der Waals surface area contributed by atoms with Crippen LogP contribution >= 0.6 is 22.9 Å². The number of ketones is 1. The molecule has 1 heterocycles. The number of hydrogen-bond acceptors (Lipinski definition) is 5. The molecular weight excluding hydrogens is 420 g/mol. The first-order valence-corrected chi connectivity index (χ1v) is 11.3. The lowest BCUT2D eigenvalue weighted by molar-refractivity contribution is 0.0480. The second-order valence-electron chi connectivity index (χ2n) is 7.56. The van der Waals surface area contributed by atoms with Gasteiger partial charge in [-0.25, -0.2) is 4.79 Å². The highest BCUT2D eigenvalue weighted by Crippen LogP contribution is 2.37. The maximum absolute atomic E-state index is 12.5. The Hall–Kier alpha value is -2.37. The van der Waals surface area contributed by atoms with Crippen LogP contribution in [-0.4, -0.2) is 25.5 Å². The summed E-state index contributed by atoms with van der Waals surface area (Å²) < 4.78 is 11.3. The van der Waals surface area contributed by atoms with Gasteiger partial charge in [-0.15, -0.1) is 11.3 Å². The average Bonchev–Trinajstić information content (AvgIpc) is 3.13. The smallest absolute Gasteiger partial charge is 0.350 e. The monoisotopic (exact) mass is 442 g/mol. The molecule has 0 radical (unpaired) electrons. The summed E-state index contributed by atoms with van der Waals surface area (Å²) in [6.45, 7) is -0.310. The van der Waals surface area contributed by atoms with Crippen molar-refractivity contribution in [2.45, 2.75) is 38.0 Å². The first-order chi connectivity index (χ1) is 14.6. The van der Waals surface area contributed by atoms with E-state index in [-0.39, 0.29) is 12.4 Å². The van der Waals surface area contributed by atoms with Gasteiger partial charge < -0.3 is 9.47 Å². The van der Waals surface area contributed by atoms with Crippen LogP contribution in [0.4, 0.5) is 0 Å². The van der Waals surface area contributed by atoms with Crippen LogP contribution in [0.15, 0.2) is 42.5 Å². The Balaban J connectivity index is 1.40. The van der Waals surface area contributed by atoms with Gasteiger partial charge in [0.1, 0.15) is 10.6 Å². The van der Waals surface area contributed by atoms with Crippen LogP contribution in [0.25, 0.3) is 10.1 Å². The Morgan fingerprint density at radius 3 is 2.50 bits per heavy atom. The number of Topliss-reactive ketones (excluding diaryl/α,β-unsaturated/α-hetero) is 1. The second-order valence-corrected chi connectivity index (χ2v) is 8.99. The Labute approximate surface area is 184 Å². The molecule has 1 aliphatic rings. The average molecular weight is 443 g/mol. The van der Waals surface area contributed by atoms with Crippen molar-refractivity contribution in [1.29, 1.82) is 0 Å². The highest BCUT2D eigenvalue weighted by atomic mass is 35.5. The zero-order valence-corrected chi connectivity index (χ0v) is 18.4. The molecule has 1 aliphatic carbocycles. The lowest BCUT2D eigenvalue weighted by atomic mass is 9.84. The molecule has 156 valence electrons. The summed E-state index contributed by atoms with van der Waals surface area (Å²) in [6, 6.07) is 13.1. The van der Waals surface area contributed by atoms with Crippen molar-refractivity contribution in [3.63, 3.8) is 0 Å². The molecule has 2 aromatic carbocycles. The fraction of sp³-hybridized carbons (Fsp3) is 0.333. The zero-order valence-electron chi connectivity index (χ0n) is 16.8. The minimum absolute atomic E-state index is 0.225. The maximum atomic E-state index is 12.5. The third kappa shape index (κ3) is 4.37. The predicted octanol–water partition coefficient (Wildman–Crippen LogP) is 6.65. The van der Waals surface area contributed by atoms with Crippen LogP contribution in [0, 0.1) is 0 Å². The SMILES string of the molecule is COc1ccc2c(Cl)c(C(=O)OCC(=O)c3ccc(C4CCCCC4)cc3)sc2c1. The van der Waals surface area contributed by atoms with Gasteiger partial charge in [-0.3, -0.25) is 4.79 Å². The lowest BCUT2D eigenvalue weighted by Gasteiger charge is -2.22. The van der Waals surface area contributed by atoms with E-state index in [1.807, 2.05) is 36.4 Å². The molecule has 0 aliphatic heterocycles. The standard InChI is InChI=1S/C24H23ClO4S/c1-28-18-11-12-19-21(13-18)30-23(22(19)25)24(27)29-14-20(26)17-9-7-16(8-10-17)15-5-3-2-4-6-15/h7-13,15H,2-6,14H2,1H3. The zero-order chi connectivity index (χ0) is 21.1. The molecule has 1 aromatic heterocycles. The van der Waals surface area contributed by atoms with Crippen LogP contribution < -0.4 is 4.74 Å². The molecule has 1 fully saturated rings. The normalized spacial score (nSPS) is 14.6. The van der Waals surface area contributed by atoms with Crippen LogP contribution in [0.2, 0.25) is 5.02 Å². The van der Waals surface area contributed by atoms with Gasteiger partial charge in [0.25, 0.3) is 0 Å². The molecule has 0 atom stereocenters. The van der Waals surface area contributed by atoms with Gasteiger partial charge in [0.2, 0.25) is 0 Å². The molecule has 1 saturated carbocycles.